The summed E-state index contributed by atoms with van der Waals surface area (Å²) < 4.78 is 25.7. The lowest BCUT2D eigenvalue weighted by Crippen LogP contribution is -2.11. The van der Waals surface area contributed by atoms with E-state index in [2.05, 4.69) is 85.7 Å². The van der Waals surface area contributed by atoms with Crippen LogP contribution in [0.1, 0.15) is 55.4 Å². The molecule has 3 aromatic rings. The molecule has 0 saturated heterocycles. The van der Waals surface area contributed by atoms with Gasteiger partial charge in [0, 0.05) is 16.2 Å². The van der Waals surface area contributed by atoms with Gasteiger partial charge in [-0.15, -0.1) is 0 Å². The van der Waals surface area contributed by atoms with E-state index in [1.165, 1.54) is 0 Å². The predicted octanol–water partition coefficient (Wildman–Crippen LogP) is 8.13. The first-order valence-electron chi connectivity index (χ1n) is 12.7. The van der Waals surface area contributed by atoms with Crippen molar-refractivity contribution in [2.24, 2.45) is 23.7 Å². The summed E-state index contributed by atoms with van der Waals surface area (Å²) in [5.41, 5.74) is 0. The third kappa shape index (κ3) is 6.28. The molecule has 186 valence electrons. The Kier molecular flexibility index (Phi) is 8.93. The van der Waals surface area contributed by atoms with Crippen molar-refractivity contribution >= 4 is 21.5 Å². The first-order valence-corrected chi connectivity index (χ1v) is 12.7. The highest BCUT2D eigenvalue weighted by Crippen LogP contribution is 2.50. The van der Waals surface area contributed by atoms with Crippen LogP contribution in [0.25, 0.3) is 21.5 Å². The smallest absolute Gasteiger partial charge is 0.172 e. The maximum absolute atomic E-state index is 6.51. The fourth-order valence-electron chi connectivity index (χ4n) is 3.71. The van der Waals surface area contributed by atoms with Crippen molar-refractivity contribution in [2.45, 2.75) is 55.4 Å². The average Bonchev–Trinajstić information content (AvgIpc) is 2.78. The van der Waals surface area contributed by atoms with Crippen LogP contribution < -0.4 is 18.9 Å². The molecule has 4 nitrogen and oxygen atoms in total. The highest BCUT2D eigenvalue weighted by Gasteiger charge is 2.23. The fourth-order valence-corrected chi connectivity index (χ4v) is 3.71. The summed E-state index contributed by atoms with van der Waals surface area (Å²) in [6.07, 6.45) is 0. The van der Waals surface area contributed by atoms with Gasteiger partial charge in [0.1, 0.15) is 11.5 Å². The van der Waals surface area contributed by atoms with E-state index >= 15 is 0 Å². The second kappa shape index (κ2) is 11.7. The molecule has 0 aliphatic heterocycles. The van der Waals surface area contributed by atoms with E-state index in [1.807, 2.05) is 6.07 Å². The molecular formula is C30H42O4. The normalized spacial score (nSPS) is 11.9. The lowest BCUT2D eigenvalue weighted by molar-refractivity contribution is 0.230. The van der Waals surface area contributed by atoms with Crippen molar-refractivity contribution < 1.29 is 18.9 Å². The molecule has 0 radical (unpaired) electrons. The van der Waals surface area contributed by atoms with Gasteiger partial charge in [-0.3, -0.25) is 0 Å². The van der Waals surface area contributed by atoms with Crippen LogP contribution in [0.4, 0.5) is 0 Å². The van der Waals surface area contributed by atoms with Gasteiger partial charge in [-0.25, -0.2) is 0 Å². The third-order valence-corrected chi connectivity index (χ3v) is 5.26. The quantitative estimate of drug-likeness (QED) is 0.252. The third-order valence-electron chi connectivity index (χ3n) is 5.26. The molecule has 3 aromatic carbocycles. The van der Waals surface area contributed by atoms with Crippen LogP contribution in [-0.4, -0.2) is 26.4 Å². The standard InChI is InChI=1S/C30H42O4/c1-19(2)15-31-26-14-13-25-27(30(26)34-18-22(7)8)29(33-17-21(5)6)24-12-10-9-11-23(24)28(25)32-16-20(3)4/h9-14,19-22H,15-18H2,1-8H3. The molecule has 0 aromatic heterocycles. The zero-order valence-corrected chi connectivity index (χ0v) is 22.2. The van der Waals surface area contributed by atoms with Crippen molar-refractivity contribution in [2.75, 3.05) is 26.4 Å². The van der Waals surface area contributed by atoms with E-state index in [0.29, 0.717) is 50.1 Å². The number of benzene rings is 3. The van der Waals surface area contributed by atoms with Crippen molar-refractivity contribution in [3.63, 3.8) is 0 Å². The van der Waals surface area contributed by atoms with Gasteiger partial charge in [-0.1, -0.05) is 79.7 Å². The predicted molar refractivity (Wildman–Crippen MR) is 143 cm³/mol. The van der Waals surface area contributed by atoms with Crippen molar-refractivity contribution in [1.82, 2.24) is 0 Å². The van der Waals surface area contributed by atoms with E-state index in [-0.39, 0.29) is 0 Å². The Morgan fingerprint density at radius 3 is 1.44 bits per heavy atom. The molecule has 0 aliphatic carbocycles. The van der Waals surface area contributed by atoms with E-state index in [9.17, 15) is 0 Å². The van der Waals surface area contributed by atoms with Gasteiger partial charge in [-0.05, 0) is 35.8 Å². The topological polar surface area (TPSA) is 36.9 Å². The molecule has 4 heteroatoms. The van der Waals surface area contributed by atoms with Crippen molar-refractivity contribution in [1.29, 1.82) is 0 Å². The number of rotatable bonds is 12. The SMILES string of the molecule is CC(C)COc1ccc2c(OCC(C)C)c3ccccc3c(OCC(C)C)c2c1OCC(C)C. The maximum atomic E-state index is 6.51. The van der Waals surface area contributed by atoms with Gasteiger partial charge >= 0.3 is 0 Å². The summed E-state index contributed by atoms with van der Waals surface area (Å²) in [4.78, 5) is 0. The van der Waals surface area contributed by atoms with Crippen LogP contribution >= 0.6 is 0 Å². The molecular weight excluding hydrogens is 424 g/mol. The minimum absolute atomic E-state index is 0.380. The van der Waals surface area contributed by atoms with Crippen molar-refractivity contribution in [3.8, 4) is 23.0 Å². The molecule has 0 aliphatic rings. The van der Waals surface area contributed by atoms with Crippen LogP contribution in [0.15, 0.2) is 36.4 Å². The number of hydrogen-bond acceptors (Lipinski definition) is 4. The first-order chi connectivity index (χ1) is 16.2. The Morgan fingerprint density at radius 1 is 0.471 bits per heavy atom. The first kappa shape index (κ1) is 26.0. The summed E-state index contributed by atoms with van der Waals surface area (Å²) in [6, 6.07) is 12.4. The Bertz CT molecular complexity index is 1080. The highest BCUT2D eigenvalue weighted by molar-refractivity contribution is 6.13. The summed E-state index contributed by atoms with van der Waals surface area (Å²) in [5.74, 6) is 4.80. The lowest BCUT2D eigenvalue weighted by atomic mass is 9.99. The molecule has 0 amide bonds. The summed E-state index contributed by atoms with van der Waals surface area (Å²) in [7, 11) is 0. The Hall–Kier alpha value is -2.62. The maximum Gasteiger partial charge on any atom is 0.172 e. The van der Waals surface area contributed by atoms with E-state index in [0.717, 1.165) is 44.5 Å². The average molecular weight is 467 g/mol. The van der Waals surface area contributed by atoms with Crippen LogP contribution in [0.3, 0.4) is 0 Å². The molecule has 0 N–H and O–H groups in total. The Morgan fingerprint density at radius 2 is 0.912 bits per heavy atom. The number of hydrogen-bond donors (Lipinski definition) is 0. The molecule has 0 heterocycles. The number of fused-ring (bicyclic) bond motifs is 2. The summed E-state index contributed by atoms with van der Waals surface area (Å²) in [6.45, 7) is 19.7. The number of ether oxygens (including phenoxy) is 4. The monoisotopic (exact) mass is 466 g/mol. The van der Waals surface area contributed by atoms with Gasteiger partial charge in [0.15, 0.2) is 11.5 Å². The fraction of sp³-hybridized carbons (Fsp3) is 0.533. The Labute approximate surface area is 205 Å². The molecule has 0 bridgehead atoms. The molecule has 0 saturated carbocycles. The largest absolute Gasteiger partial charge is 0.492 e. The second-order valence-corrected chi connectivity index (χ2v) is 10.8. The van der Waals surface area contributed by atoms with Crippen LogP contribution in [-0.2, 0) is 0 Å². The summed E-state index contributed by atoms with van der Waals surface area (Å²) >= 11 is 0. The minimum Gasteiger partial charge on any atom is -0.492 e. The summed E-state index contributed by atoms with van der Waals surface area (Å²) in [5, 5.41) is 4.01. The lowest BCUT2D eigenvalue weighted by Gasteiger charge is -2.23. The second-order valence-electron chi connectivity index (χ2n) is 10.8. The van der Waals surface area contributed by atoms with Gasteiger partial charge in [0.05, 0.1) is 31.8 Å². The van der Waals surface area contributed by atoms with Gasteiger partial charge < -0.3 is 18.9 Å². The van der Waals surface area contributed by atoms with E-state index in [4.69, 9.17) is 18.9 Å². The molecule has 0 atom stereocenters. The molecule has 3 rings (SSSR count). The highest BCUT2D eigenvalue weighted by atomic mass is 16.5. The molecule has 34 heavy (non-hydrogen) atoms. The van der Waals surface area contributed by atoms with Crippen LogP contribution in [0.5, 0.6) is 23.0 Å². The van der Waals surface area contributed by atoms with Gasteiger partial charge in [0.25, 0.3) is 0 Å². The zero-order chi connectivity index (χ0) is 24.8. The molecule has 0 fully saturated rings. The van der Waals surface area contributed by atoms with E-state index in [1.54, 1.807) is 0 Å². The Balaban J connectivity index is 2.35. The van der Waals surface area contributed by atoms with Crippen LogP contribution in [0.2, 0.25) is 0 Å². The van der Waals surface area contributed by atoms with Gasteiger partial charge in [-0.2, -0.15) is 0 Å². The minimum atomic E-state index is 0.380. The van der Waals surface area contributed by atoms with Crippen LogP contribution in [0, 0.1) is 23.7 Å². The zero-order valence-electron chi connectivity index (χ0n) is 22.2. The van der Waals surface area contributed by atoms with Gasteiger partial charge in [0.2, 0.25) is 0 Å². The van der Waals surface area contributed by atoms with Crippen molar-refractivity contribution in [3.05, 3.63) is 36.4 Å². The van der Waals surface area contributed by atoms with E-state index < -0.39 is 0 Å². The molecule has 0 spiro atoms. The molecule has 0 unspecified atom stereocenters.